The Labute approximate surface area is 233 Å². The first-order chi connectivity index (χ1) is 16.6. The van der Waals surface area contributed by atoms with Crippen LogP contribution in [0.4, 0.5) is 5.69 Å². The van der Waals surface area contributed by atoms with Crippen molar-refractivity contribution in [2.24, 2.45) is 0 Å². The van der Waals surface area contributed by atoms with Gasteiger partial charge in [0.1, 0.15) is 18.8 Å². The van der Waals surface area contributed by atoms with Crippen molar-refractivity contribution in [2.75, 3.05) is 5.32 Å². The van der Waals surface area contributed by atoms with Crippen LogP contribution >= 0.6 is 23.2 Å². The first-order valence-electron chi connectivity index (χ1n) is 10.4. The molecule has 0 spiro atoms. The predicted molar refractivity (Wildman–Crippen MR) is 132 cm³/mol. The molecule has 0 bridgehead atoms. The standard InChI is InChI=1S/C23H18Cl2N4O5S.HI/c1-2-27-11-3-4-17(13-27)26-21(30)14-28-20-12-16(25)7-10-19(20)22(31)29(23(28)32)35(33,34)18-8-5-15(24)6-9-18;/h3-13H,2,14H2,1H3;1H. The van der Waals surface area contributed by atoms with E-state index in [0.29, 0.717) is 12.2 Å². The van der Waals surface area contributed by atoms with E-state index >= 15 is 0 Å². The number of aryl methyl sites for hydroxylation is 1. The summed E-state index contributed by atoms with van der Waals surface area (Å²) in [5, 5.41) is 3.07. The lowest BCUT2D eigenvalue weighted by atomic mass is 10.2. The molecule has 2 aromatic carbocycles. The van der Waals surface area contributed by atoms with Crippen LogP contribution in [-0.4, -0.2) is 22.9 Å². The summed E-state index contributed by atoms with van der Waals surface area (Å²) in [6.45, 7) is 2.05. The van der Waals surface area contributed by atoms with Crippen LogP contribution in [0.25, 0.3) is 10.9 Å². The Bertz CT molecular complexity index is 1690. The van der Waals surface area contributed by atoms with E-state index < -0.39 is 33.7 Å². The Morgan fingerprint density at radius 1 is 1.03 bits per heavy atom. The van der Waals surface area contributed by atoms with Crippen LogP contribution in [0.2, 0.25) is 10.0 Å². The van der Waals surface area contributed by atoms with Crippen molar-refractivity contribution in [3.63, 3.8) is 0 Å². The lowest BCUT2D eigenvalue weighted by Gasteiger charge is -2.14. The van der Waals surface area contributed by atoms with Gasteiger partial charge in [0, 0.05) is 16.1 Å². The van der Waals surface area contributed by atoms with Gasteiger partial charge in [-0.3, -0.25) is 14.2 Å². The number of nitrogens with zero attached hydrogens (tertiary/aromatic N) is 3. The minimum Gasteiger partial charge on any atom is -1.00 e. The molecule has 4 rings (SSSR count). The highest BCUT2D eigenvalue weighted by Crippen LogP contribution is 2.19. The summed E-state index contributed by atoms with van der Waals surface area (Å²) in [5.74, 6) is -0.601. The molecule has 0 fully saturated rings. The fourth-order valence-corrected chi connectivity index (χ4v) is 5.14. The van der Waals surface area contributed by atoms with Gasteiger partial charge in [-0.25, -0.2) is 17.8 Å². The third-order valence-electron chi connectivity index (χ3n) is 5.23. The highest BCUT2D eigenvalue weighted by Gasteiger charge is 2.26. The van der Waals surface area contributed by atoms with Gasteiger partial charge in [-0.05, 0) is 55.5 Å². The van der Waals surface area contributed by atoms with Gasteiger partial charge in [0.25, 0.3) is 15.6 Å². The number of carbonyl (C=O) groups is 1. The number of benzene rings is 2. The third kappa shape index (κ3) is 5.48. The maximum atomic E-state index is 13.4. The van der Waals surface area contributed by atoms with Crippen LogP contribution < -0.4 is 45.1 Å². The van der Waals surface area contributed by atoms with Crippen LogP contribution in [0.5, 0.6) is 0 Å². The summed E-state index contributed by atoms with van der Waals surface area (Å²) >= 11 is 11.9. The monoisotopic (exact) mass is 660 g/mol. The van der Waals surface area contributed by atoms with Crippen molar-refractivity contribution in [1.29, 1.82) is 0 Å². The molecule has 0 radical (unpaired) electrons. The van der Waals surface area contributed by atoms with Crippen LogP contribution in [-0.2, 0) is 27.9 Å². The SMILES string of the molecule is CC[n+]1cccc(NC(=O)Cn2c(=O)n(S(=O)(=O)c3ccc(Cl)cc3)c(=O)c3ccc(Cl)cc32)c1.[I-]. The lowest BCUT2D eigenvalue weighted by molar-refractivity contribution is -0.692. The molecule has 0 saturated heterocycles. The zero-order valence-electron chi connectivity index (χ0n) is 18.7. The third-order valence-corrected chi connectivity index (χ3v) is 7.39. The fourth-order valence-electron chi connectivity index (χ4n) is 3.53. The van der Waals surface area contributed by atoms with E-state index in [4.69, 9.17) is 23.2 Å². The molecule has 36 heavy (non-hydrogen) atoms. The minimum absolute atomic E-state index is 0. The highest BCUT2D eigenvalue weighted by molar-refractivity contribution is 7.90. The van der Waals surface area contributed by atoms with E-state index in [0.717, 1.165) is 4.57 Å². The number of pyridine rings is 1. The van der Waals surface area contributed by atoms with Crippen molar-refractivity contribution in [1.82, 2.24) is 8.54 Å². The highest BCUT2D eigenvalue weighted by atomic mass is 127. The van der Waals surface area contributed by atoms with E-state index in [1.165, 1.54) is 42.5 Å². The Balaban J connectivity index is 0.00000361. The number of hydrogen-bond acceptors (Lipinski definition) is 5. The summed E-state index contributed by atoms with van der Waals surface area (Å²) in [6.07, 6.45) is 3.54. The molecule has 1 amide bonds. The number of rotatable bonds is 6. The average Bonchev–Trinajstić information content (AvgIpc) is 2.82. The zero-order valence-corrected chi connectivity index (χ0v) is 23.2. The molecule has 1 N–H and O–H groups in total. The Hall–Kier alpha value is -2.74. The van der Waals surface area contributed by atoms with Gasteiger partial charge in [-0.2, -0.15) is 0 Å². The van der Waals surface area contributed by atoms with Gasteiger partial charge in [-0.1, -0.05) is 23.2 Å². The summed E-state index contributed by atoms with van der Waals surface area (Å²) in [5.41, 5.74) is -1.74. The largest absolute Gasteiger partial charge is 1.00 e. The van der Waals surface area contributed by atoms with Crippen molar-refractivity contribution < 1.29 is 41.8 Å². The Kier molecular flexibility index (Phi) is 8.59. The number of amides is 1. The molecule has 188 valence electrons. The number of hydrogen-bond donors (Lipinski definition) is 1. The number of halogens is 3. The smallest absolute Gasteiger partial charge is 0.346 e. The zero-order chi connectivity index (χ0) is 25.3. The molecule has 13 heteroatoms. The fraction of sp³-hybridized carbons (Fsp3) is 0.130. The molecule has 2 aromatic heterocycles. The molecule has 9 nitrogen and oxygen atoms in total. The molecular formula is C23H19Cl2IN4O5S. The number of carbonyl (C=O) groups excluding carboxylic acids is 1. The number of fused-ring (bicyclic) bond motifs is 1. The van der Waals surface area contributed by atoms with Gasteiger partial charge >= 0.3 is 5.69 Å². The van der Waals surface area contributed by atoms with Crippen molar-refractivity contribution >= 4 is 55.7 Å². The summed E-state index contributed by atoms with van der Waals surface area (Å²) < 4.78 is 29.4. The molecule has 0 atom stereocenters. The maximum Gasteiger partial charge on any atom is 0.346 e. The molecule has 0 aliphatic carbocycles. The second-order valence-corrected chi connectivity index (χ2v) is 10.2. The van der Waals surface area contributed by atoms with Crippen molar-refractivity contribution in [3.8, 4) is 0 Å². The summed E-state index contributed by atoms with van der Waals surface area (Å²) in [4.78, 5) is 39.1. The van der Waals surface area contributed by atoms with E-state index in [-0.39, 0.29) is 53.8 Å². The van der Waals surface area contributed by atoms with Gasteiger partial charge < -0.3 is 29.3 Å². The second-order valence-electron chi connectivity index (χ2n) is 7.53. The molecule has 4 aromatic rings. The van der Waals surface area contributed by atoms with Gasteiger partial charge in [0.05, 0.1) is 15.8 Å². The quantitative estimate of drug-likeness (QED) is 0.225. The van der Waals surface area contributed by atoms with Gasteiger partial charge in [0.2, 0.25) is 5.91 Å². The summed E-state index contributed by atoms with van der Waals surface area (Å²) in [7, 11) is -4.60. The molecule has 2 heterocycles. The van der Waals surface area contributed by atoms with E-state index in [2.05, 4.69) is 5.32 Å². The van der Waals surface area contributed by atoms with Crippen LogP contribution in [0.1, 0.15) is 6.92 Å². The Morgan fingerprint density at radius 2 is 1.69 bits per heavy atom. The van der Waals surface area contributed by atoms with Crippen molar-refractivity contribution in [2.45, 2.75) is 24.9 Å². The van der Waals surface area contributed by atoms with Crippen LogP contribution in [0.15, 0.2) is 81.5 Å². The predicted octanol–water partition coefficient (Wildman–Crippen LogP) is -0.343. The molecular weight excluding hydrogens is 642 g/mol. The van der Waals surface area contributed by atoms with E-state index in [1.54, 1.807) is 18.3 Å². The first-order valence-corrected chi connectivity index (χ1v) is 12.6. The molecule has 0 aliphatic rings. The first kappa shape index (κ1) is 27.8. The minimum atomic E-state index is -4.60. The number of anilines is 1. The lowest BCUT2D eigenvalue weighted by Crippen LogP contribution is -3.00. The van der Waals surface area contributed by atoms with Gasteiger partial charge in [0.15, 0.2) is 12.4 Å². The second kappa shape index (κ2) is 11.1. The topological polar surface area (TPSA) is 111 Å². The molecule has 0 aliphatic heterocycles. The average molecular weight is 661 g/mol. The maximum absolute atomic E-state index is 13.4. The van der Waals surface area contributed by atoms with E-state index in [9.17, 15) is 22.8 Å². The summed E-state index contributed by atoms with van der Waals surface area (Å²) in [6, 6.07) is 12.5. The molecule has 0 saturated carbocycles. The van der Waals surface area contributed by atoms with E-state index in [1.807, 2.05) is 17.7 Å². The normalized spacial score (nSPS) is 11.2. The van der Waals surface area contributed by atoms with Crippen molar-refractivity contribution in [3.05, 3.63) is 97.9 Å². The van der Waals surface area contributed by atoms with Crippen LogP contribution in [0.3, 0.4) is 0 Å². The van der Waals surface area contributed by atoms with Crippen LogP contribution in [0, 0.1) is 0 Å². The Morgan fingerprint density at radius 3 is 2.36 bits per heavy atom. The number of aromatic nitrogens is 3. The number of nitrogens with one attached hydrogen (secondary N) is 1. The van der Waals surface area contributed by atoms with Gasteiger partial charge in [-0.15, -0.1) is 3.97 Å². The molecule has 0 unspecified atom stereocenters.